The second-order valence-electron chi connectivity index (χ2n) is 3.27. The van der Waals surface area contributed by atoms with Crippen LogP contribution in [0.25, 0.3) is 0 Å². The van der Waals surface area contributed by atoms with Crippen molar-refractivity contribution in [2.45, 2.75) is 12.7 Å². The molecule has 0 aromatic heterocycles. The van der Waals surface area contributed by atoms with Gasteiger partial charge in [-0.2, -0.15) is 0 Å². The molecule has 3 nitrogen and oxygen atoms in total. The average Bonchev–Trinajstić information content (AvgIpc) is 1.93. The summed E-state index contributed by atoms with van der Waals surface area (Å²) in [5.41, 5.74) is 7.92. The van der Waals surface area contributed by atoms with E-state index in [0.29, 0.717) is 11.3 Å². The molecule has 0 saturated carbocycles. The average molecular weight is 199 g/mol. The Balaban J connectivity index is 3.04. The summed E-state index contributed by atoms with van der Waals surface area (Å²) in [5, 5.41) is 0. The van der Waals surface area contributed by atoms with Gasteiger partial charge in [0.2, 0.25) is 0 Å². The van der Waals surface area contributed by atoms with Gasteiger partial charge in [0, 0.05) is 11.9 Å². The maximum absolute atomic E-state index is 11.0. The second kappa shape index (κ2) is 3.38. The van der Waals surface area contributed by atoms with Crippen LogP contribution in [0, 0.1) is 6.92 Å². The molecule has 0 heterocycles. The van der Waals surface area contributed by atoms with Gasteiger partial charge in [-0.1, -0.05) is 12.1 Å². The Kier molecular flexibility index (Phi) is 2.61. The van der Waals surface area contributed by atoms with Crippen LogP contribution in [0.15, 0.2) is 18.2 Å². The first-order valence-corrected chi connectivity index (χ1v) is 5.97. The lowest BCUT2D eigenvalue weighted by molar-refractivity contribution is 0.601. The third-order valence-corrected chi connectivity index (χ3v) is 2.55. The Hall–Kier alpha value is -1.03. The monoisotopic (exact) mass is 199 g/mol. The summed E-state index contributed by atoms with van der Waals surface area (Å²) in [7, 11) is -2.99. The van der Waals surface area contributed by atoms with Crippen molar-refractivity contribution in [3.63, 3.8) is 0 Å². The van der Waals surface area contributed by atoms with E-state index in [1.54, 1.807) is 12.1 Å². The van der Waals surface area contributed by atoms with Gasteiger partial charge in [0.05, 0.1) is 5.75 Å². The first kappa shape index (κ1) is 10.1. The SMILES string of the molecule is Cc1ccc(CS(C)(=O)=O)c(N)c1. The van der Waals surface area contributed by atoms with Crippen LogP contribution in [0.2, 0.25) is 0 Å². The van der Waals surface area contributed by atoms with E-state index >= 15 is 0 Å². The zero-order chi connectivity index (χ0) is 10.1. The van der Waals surface area contributed by atoms with Gasteiger partial charge in [-0.15, -0.1) is 0 Å². The Morgan fingerprint density at radius 3 is 2.46 bits per heavy atom. The number of benzene rings is 1. The maximum atomic E-state index is 11.0. The molecule has 0 bridgehead atoms. The smallest absolute Gasteiger partial charge is 0.151 e. The third-order valence-electron chi connectivity index (χ3n) is 1.72. The van der Waals surface area contributed by atoms with Gasteiger partial charge in [0.15, 0.2) is 9.84 Å². The number of hydrogen-bond acceptors (Lipinski definition) is 3. The fourth-order valence-electron chi connectivity index (χ4n) is 1.13. The second-order valence-corrected chi connectivity index (χ2v) is 5.41. The summed E-state index contributed by atoms with van der Waals surface area (Å²) in [5.74, 6) is 0.0130. The van der Waals surface area contributed by atoms with Crippen molar-refractivity contribution in [3.05, 3.63) is 29.3 Å². The van der Waals surface area contributed by atoms with Crippen LogP contribution in [-0.2, 0) is 15.6 Å². The van der Waals surface area contributed by atoms with Gasteiger partial charge >= 0.3 is 0 Å². The van der Waals surface area contributed by atoms with Gasteiger partial charge in [-0.3, -0.25) is 0 Å². The van der Waals surface area contributed by atoms with Crippen molar-refractivity contribution >= 4 is 15.5 Å². The van der Waals surface area contributed by atoms with E-state index in [4.69, 9.17) is 5.73 Å². The van der Waals surface area contributed by atoms with E-state index in [1.807, 2.05) is 13.0 Å². The lowest BCUT2D eigenvalue weighted by Crippen LogP contribution is -2.03. The fourth-order valence-corrected chi connectivity index (χ4v) is 1.96. The first-order chi connectivity index (χ1) is 5.88. The van der Waals surface area contributed by atoms with Crippen LogP contribution in [0.4, 0.5) is 5.69 Å². The standard InChI is InChI=1S/C9H13NO2S/c1-7-3-4-8(9(10)5-7)6-13(2,11)12/h3-5H,6,10H2,1-2H3. The fraction of sp³-hybridized carbons (Fsp3) is 0.333. The predicted octanol–water partition coefficient (Wildman–Crippen LogP) is 1.12. The normalized spacial score (nSPS) is 11.5. The zero-order valence-electron chi connectivity index (χ0n) is 7.74. The molecule has 0 amide bonds. The molecule has 0 unspecified atom stereocenters. The van der Waals surface area contributed by atoms with E-state index in [2.05, 4.69) is 0 Å². The molecule has 0 saturated heterocycles. The maximum Gasteiger partial charge on any atom is 0.151 e. The summed E-state index contributed by atoms with van der Waals surface area (Å²) < 4.78 is 22.0. The zero-order valence-corrected chi connectivity index (χ0v) is 8.56. The van der Waals surface area contributed by atoms with E-state index in [9.17, 15) is 8.42 Å². The van der Waals surface area contributed by atoms with E-state index in [-0.39, 0.29) is 5.75 Å². The summed E-state index contributed by atoms with van der Waals surface area (Å²) in [6.07, 6.45) is 1.20. The molecule has 0 atom stereocenters. The molecule has 0 aliphatic rings. The van der Waals surface area contributed by atoms with Crippen molar-refractivity contribution in [3.8, 4) is 0 Å². The lowest BCUT2D eigenvalue weighted by Gasteiger charge is -2.04. The quantitative estimate of drug-likeness (QED) is 0.726. The van der Waals surface area contributed by atoms with Gasteiger partial charge in [-0.05, 0) is 24.1 Å². The molecule has 72 valence electrons. The molecule has 0 radical (unpaired) electrons. The highest BCUT2D eigenvalue weighted by atomic mass is 32.2. The summed E-state index contributed by atoms with van der Waals surface area (Å²) in [6, 6.07) is 5.39. The Morgan fingerprint density at radius 2 is 2.00 bits per heavy atom. The van der Waals surface area contributed by atoms with Crippen molar-refractivity contribution in [1.29, 1.82) is 0 Å². The molecule has 1 aromatic carbocycles. The minimum Gasteiger partial charge on any atom is -0.398 e. The first-order valence-electron chi connectivity index (χ1n) is 3.91. The van der Waals surface area contributed by atoms with Crippen LogP contribution in [0.5, 0.6) is 0 Å². The highest BCUT2D eigenvalue weighted by molar-refractivity contribution is 7.89. The highest BCUT2D eigenvalue weighted by Crippen LogP contribution is 2.15. The molecule has 13 heavy (non-hydrogen) atoms. The highest BCUT2D eigenvalue weighted by Gasteiger charge is 2.07. The molecular weight excluding hydrogens is 186 g/mol. The minimum absolute atomic E-state index is 0.0130. The Bertz CT molecular complexity index is 410. The van der Waals surface area contributed by atoms with E-state index in [0.717, 1.165) is 5.56 Å². The molecular formula is C9H13NO2S. The van der Waals surface area contributed by atoms with Crippen LogP contribution in [-0.4, -0.2) is 14.7 Å². The van der Waals surface area contributed by atoms with Crippen LogP contribution < -0.4 is 5.73 Å². The number of nitrogens with two attached hydrogens (primary N) is 1. The Labute approximate surface area is 78.5 Å². The van der Waals surface area contributed by atoms with Crippen LogP contribution in [0.1, 0.15) is 11.1 Å². The molecule has 0 spiro atoms. The van der Waals surface area contributed by atoms with Crippen molar-refractivity contribution in [1.82, 2.24) is 0 Å². The lowest BCUT2D eigenvalue weighted by atomic mass is 10.1. The summed E-state index contributed by atoms with van der Waals surface area (Å²) in [6.45, 7) is 1.92. The van der Waals surface area contributed by atoms with Crippen LogP contribution in [0.3, 0.4) is 0 Å². The number of nitrogen functional groups attached to an aromatic ring is 1. The van der Waals surface area contributed by atoms with Gasteiger partial charge in [0.1, 0.15) is 0 Å². The third kappa shape index (κ3) is 3.06. The summed E-state index contributed by atoms with van der Waals surface area (Å²) in [4.78, 5) is 0. The summed E-state index contributed by atoms with van der Waals surface area (Å²) >= 11 is 0. The molecule has 2 N–H and O–H groups in total. The predicted molar refractivity (Wildman–Crippen MR) is 54.1 cm³/mol. The Morgan fingerprint density at radius 1 is 1.38 bits per heavy atom. The van der Waals surface area contributed by atoms with Gasteiger partial charge in [-0.25, -0.2) is 8.42 Å². The molecule has 0 aliphatic heterocycles. The number of aryl methyl sites for hydroxylation is 1. The molecule has 4 heteroatoms. The molecule has 0 aliphatic carbocycles. The molecule has 0 fully saturated rings. The molecule has 1 aromatic rings. The largest absolute Gasteiger partial charge is 0.398 e. The topological polar surface area (TPSA) is 60.2 Å². The minimum atomic E-state index is -2.99. The van der Waals surface area contributed by atoms with Crippen molar-refractivity contribution in [2.75, 3.05) is 12.0 Å². The van der Waals surface area contributed by atoms with E-state index < -0.39 is 9.84 Å². The van der Waals surface area contributed by atoms with Gasteiger partial charge in [0.25, 0.3) is 0 Å². The number of rotatable bonds is 2. The van der Waals surface area contributed by atoms with Crippen molar-refractivity contribution < 1.29 is 8.42 Å². The molecule has 1 rings (SSSR count). The van der Waals surface area contributed by atoms with Crippen LogP contribution >= 0.6 is 0 Å². The van der Waals surface area contributed by atoms with Crippen molar-refractivity contribution in [2.24, 2.45) is 0 Å². The van der Waals surface area contributed by atoms with E-state index in [1.165, 1.54) is 6.26 Å². The van der Waals surface area contributed by atoms with Gasteiger partial charge < -0.3 is 5.73 Å². The number of sulfone groups is 1. The number of hydrogen-bond donors (Lipinski definition) is 1. The number of anilines is 1.